The van der Waals surface area contributed by atoms with Crippen LogP contribution in [0.15, 0.2) is 29.9 Å². The Labute approximate surface area is 111 Å². The maximum Gasteiger partial charge on any atom is 0.154 e. The molecule has 0 N–H and O–H groups in total. The molecular weight excluding hydrogens is 268 g/mol. The fraction of sp³-hybridized carbons (Fsp3) is 0.417. The van der Waals surface area contributed by atoms with Gasteiger partial charge in [0, 0.05) is 18.9 Å². The third-order valence-corrected chi connectivity index (χ3v) is 5.85. The Balaban J connectivity index is 2.15. The van der Waals surface area contributed by atoms with E-state index >= 15 is 0 Å². The molecule has 98 valence electrons. The number of hydrogen-bond donors (Lipinski definition) is 0. The third-order valence-electron chi connectivity index (χ3n) is 2.79. The van der Waals surface area contributed by atoms with Gasteiger partial charge in [-0.15, -0.1) is 11.3 Å². The third kappa shape index (κ3) is 2.81. The largest absolute Gasteiger partial charge is 0.329 e. The van der Waals surface area contributed by atoms with Crippen LogP contribution in [0, 0.1) is 0 Å². The van der Waals surface area contributed by atoms with Crippen LogP contribution in [0.25, 0.3) is 10.7 Å². The van der Waals surface area contributed by atoms with Crippen LogP contribution in [0.1, 0.15) is 13.8 Å². The smallest absolute Gasteiger partial charge is 0.154 e. The molecule has 6 heteroatoms. The van der Waals surface area contributed by atoms with Gasteiger partial charge in [0.2, 0.25) is 0 Å². The average Bonchev–Trinajstić information content (AvgIpc) is 2.96. The maximum atomic E-state index is 11.8. The van der Waals surface area contributed by atoms with Crippen molar-refractivity contribution in [2.24, 2.45) is 0 Å². The van der Waals surface area contributed by atoms with Gasteiger partial charge in [-0.2, -0.15) is 0 Å². The molecule has 0 atom stereocenters. The van der Waals surface area contributed by atoms with E-state index in [1.165, 1.54) is 0 Å². The zero-order valence-corrected chi connectivity index (χ0v) is 12.0. The van der Waals surface area contributed by atoms with Gasteiger partial charge in [-0.3, -0.25) is 0 Å². The Bertz CT molecular complexity index is 598. The van der Waals surface area contributed by atoms with Gasteiger partial charge in [0.25, 0.3) is 0 Å². The summed E-state index contributed by atoms with van der Waals surface area (Å²) >= 11 is 1.60. The lowest BCUT2D eigenvalue weighted by molar-refractivity contribution is 0.580. The van der Waals surface area contributed by atoms with Gasteiger partial charge in [0.05, 0.1) is 15.9 Å². The summed E-state index contributed by atoms with van der Waals surface area (Å²) in [6.45, 7) is 3.88. The molecule has 0 aliphatic heterocycles. The first-order chi connectivity index (χ1) is 8.50. The zero-order chi connectivity index (χ0) is 13.2. The molecule has 0 amide bonds. The summed E-state index contributed by atoms with van der Waals surface area (Å²) in [5.74, 6) is 0.989. The minimum absolute atomic E-state index is 0.152. The Morgan fingerprint density at radius 2 is 2.22 bits per heavy atom. The molecule has 0 aromatic carbocycles. The molecule has 2 rings (SSSR count). The fourth-order valence-electron chi connectivity index (χ4n) is 1.58. The summed E-state index contributed by atoms with van der Waals surface area (Å²) < 4.78 is 25.5. The molecule has 0 fully saturated rings. The van der Waals surface area contributed by atoms with E-state index in [0.717, 1.165) is 10.7 Å². The Hall–Kier alpha value is -1.14. The van der Waals surface area contributed by atoms with E-state index in [1.807, 2.05) is 28.3 Å². The number of thiophene rings is 1. The zero-order valence-electron chi connectivity index (χ0n) is 10.4. The lowest BCUT2D eigenvalue weighted by Gasteiger charge is -2.09. The van der Waals surface area contributed by atoms with E-state index in [2.05, 4.69) is 4.98 Å². The highest BCUT2D eigenvalue weighted by atomic mass is 32.2. The molecule has 0 saturated carbocycles. The van der Waals surface area contributed by atoms with Crippen LogP contribution in [0.2, 0.25) is 0 Å². The van der Waals surface area contributed by atoms with Crippen molar-refractivity contribution in [2.75, 3.05) is 5.75 Å². The van der Waals surface area contributed by atoms with Crippen LogP contribution < -0.4 is 0 Å². The van der Waals surface area contributed by atoms with Crippen LogP contribution in [-0.2, 0) is 16.4 Å². The van der Waals surface area contributed by atoms with E-state index in [0.29, 0.717) is 6.54 Å². The summed E-state index contributed by atoms with van der Waals surface area (Å²) in [5.41, 5.74) is 0. The number of nitrogens with zero attached hydrogens (tertiary/aromatic N) is 2. The summed E-state index contributed by atoms with van der Waals surface area (Å²) in [5, 5.41) is 1.66. The topological polar surface area (TPSA) is 52.0 Å². The van der Waals surface area contributed by atoms with Gasteiger partial charge in [0.1, 0.15) is 5.82 Å². The normalized spacial score (nSPS) is 12.2. The van der Waals surface area contributed by atoms with Gasteiger partial charge in [0.15, 0.2) is 9.84 Å². The monoisotopic (exact) mass is 284 g/mol. The summed E-state index contributed by atoms with van der Waals surface area (Å²) in [4.78, 5) is 5.34. The molecule has 0 unspecified atom stereocenters. The van der Waals surface area contributed by atoms with Crippen molar-refractivity contribution < 1.29 is 8.42 Å². The van der Waals surface area contributed by atoms with Crippen LogP contribution in [0.5, 0.6) is 0 Å². The van der Waals surface area contributed by atoms with Crippen molar-refractivity contribution >= 4 is 21.2 Å². The quantitative estimate of drug-likeness (QED) is 0.847. The number of imidazole rings is 1. The molecule has 0 spiro atoms. The van der Waals surface area contributed by atoms with Gasteiger partial charge >= 0.3 is 0 Å². The second-order valence-electron chi connectivity index (χ2n) is 4.34. The van der Waals surface area contributed by atoms with Crippen molar-refractivity contribution in [1.29, 1.82) is 0 Å². The number of hydrogen-bond acceptors (Lipinski definition) is 4. The van der Waals surface area contributed by atoms with Crippen LogP contribution in [-0.4, -0.2) is 29.0 Å². The first-order valence-electron chi connectivity index (χ1n) is 5.77. The average molecular weight is 284 g/mol. The van der Waals surface area contributed by atoms with Gasteiger partial charge in [-0.05, 0) is 25.3 Å². The molecule has 4 nitrogen and oxygen atoms in total. The second kappa shape index (κ2) is 5.24. The highest BCUT2D eigenvalue weighted by Crippen LogP contribution is 2.22. The van der Waals surface area contributed by atoms with E-state index in [-0.39, 0.29) is 11.0 Å². The maximum absolute atomic E-state index is 11.8. The van der Waals surface area contributed by atoms with Crippen molar-refractivity contribution in [3.05, 3.63) is 29.9 Å². The minimum atomic E-state index is -3.01. The molecule has 0 aliphatic carbocycles. The summed E-state index contributed by atoms with van der Waals surface area (Å²) in [7, 11) is -3.01. The number of sulfone groups is 1. The lowest BCUT2D eigenvalue weighted by Crippen LogP contribution is -2.21. The van der Waals surface area contributed by atoms with Gasteiger partial charge in [-0.1, -0.05) is 6.07 Å². The lowest BCUT2D eigenvalue weighted by atomic mass is 10.4. The van der Waals surface area contributed by atoms with Crippen molar-refractivity contribution in [3.8, 4) is 10.7 Å². The molecule has 2 heterocycles. The van der Waals surface area contributed by atoms with Gasteiger partial charge < -0.3 is 4.57 Å². The Kier molecular flexibility index (Phi) is 3.87. The molecule has 0 aliphatic rings. The number of rotatable bonds is 5. The van der Waals surface area contributed by atoms with E-state index in [4.69, 9.17) is 0 Å². The standard InChI is InChI=1S/C12H16N2O2S2/c1-10(2)18(15,16)9-7-14-6-5-13-12(14)11-4-3-8-17-11/h3-6,8,10H,7,9H2,1-2H3. The molecule has 2 aromatic heterocycles. The first-order valence-corrected chi connectivity index (χ1v) is 8.37. The van der Waals surface area contributed by atoms with E-state index in [1.54, 1.807) is 31.4 Å². The van der Waals surface area contributed by atoms with Crippen LogP contribution in [0.3, 0.4) is 0 Å². The van der Waals surface area contributed by atoms with Crippen LogP contribution >= 0.6 is 11.3 Å². The number of aryl methyl sites for hydroxylation is 1. The van der Waals surface area contributed by atoms with Crippen molar-refractivity contribution in [1.82, 2.24) is 9.55 Å². The highest BCUT2D eigenvalue weighted by Gasteiger charge is 2.17. The molecule has 18 heavy (non-hydrogen) atoms. The summed E-state index contributed by atoms with van der Waals surface area (Å²) in [6, 6.07) is 3.95. The highest BCUT2D eigenvalue weighted by molar-refractivity contribution is 7.91. The molecule has 0 bridgehead atoms. The Morgan fingerprint density at radius 3 is 2.83 bits per heavy atom. The predicted molar refractivity (Wildman–Crippen MR) is 74.5 cm³/mol. The SMILES string of the molecule is CC(C)S(=O)(=O)CCn1ccnc1-c1cccs1. The summed E-state index contributed by atoms with van der Waals surface area (Å²) in [6.07, 6.45) is 3.53. The minimum Gasteiger partial charge on any atom is -0.329 e. The van der Waals surface area contributed by atoms with E-state index < -0.39 is 9.84 Å². The van der Waals surface area contributed by atoms with E-state index in [9.17, 15) is 8.42 Å². The second-order valence-corrected chi connectivity index (χ2v) is 7.96. The molecule has 0 saturated heterocycles. The number of aromatic nitrogens is 2. The first kappa shape index (κ1) is 13.3. The predicted octanol–water partition coefficient (Wildman–Crippen LogP) is 2.43. The van der Waals surface area contributed by atoms with Crippen molar-refractivity contribution in [2.45, 2.75) is 25.6 Å². The fourth-order valence-corrected chi connectivity index (χ4v) is 3.24. The molecule has 0 radical (unpaired) electrons. The molecular formula is C12H16N2O2S2. The van der Waals surface area contributed by atoms with Gasteiger partial charge in [-0.25, -0.2) is 13.4 Å². The molecule has 2 aromatic rings. The van der Waals surface area contributed by atoms with Crippen molar-refractivity contribution in [3.63, 3.8) is 0 Å². The van der Waals surface area contributed by atoms with Crippen LogP contribution in [0.4, 0.5) is 0 Å². The Morgan fingerprint density at radius 1 is 1.44 bits per heavy atom.